The van der Waals surface area contributed by atoms with E-state index in [1.165, 1.54) is 0 Å². The van der Waals surface area contributed by atoms with Crippen molar-refractivity contribution in [2.75, 3.05) is 46.4 Å². The van der Waals surface area contributed by atoms with Gasteiger partial charge < -0.3 is 19.9 Å². The van der Waals surface area contributed by atoms with Crippen molar-refractivity contribution in [3.05, 3.63) is 0 Å². The molecule has 2 saturated heterocycles. The Morgan fingerprint density at radius 2 is 2.07 bits per heavy atom. The number of carbonyl (C=O) groups is 1. The smallest absolute Gasteiger partial charge is 0.317 e. The summed E-state index contributed by atoms with van der Waals surface area (Å²) in [7, 11) is 2.08. The molecule has 0 radical (unpaired) electrons. The van der Waals surface area contributed by atoms with E-state index in [2.05, 4.69) is 17.3 Å². The molecule has 0 bridgehead atoms. The summed E-state index contributed by atoms with van der Waals surface area (Å²) in [5.41, 5.74) is 0. The molecule has 2 fully saturated rings. The zero-order valence-electron chi connectivity index (χ0n) is 9.24. The number of likely N-dealkylation sites (N-methyl/N-ethyl adjacent to an activating group) is 1. The summed E-state index contributed by atoms with van der Waals surface area (Å²) < 4.78 is 5.22. The van der Waals surface area contributed by atoms with Crippen molar-refractivity contribution in [1.82, 2.24) is 15.1 Å². The van der Waals surface area contributed by atoms with E-state index in [9.17, 15) is 4.79 Å². The standard InChI is InChI=1S/C10H19N3O2/c1-12-3-5-13(6-4-12)10(14)11-9-2-7-15-8-9/h9H,2-8H2,1H3,(H,11,14). The second-order valence-electron chi connectivity index (χ2n) is 4.30. The molecule has 15 heavy (non-hydrogen) atoms. The maximum atomic E-state index is 11.8. The highest BCUT2D eigenvalue weighted by Crippen LogP contribution is 2.05. The Labute approximate surface area is 90.4 Å². The number of nitrogens with one attached hydrogen (secondary N) is 1. The van der Waals surface area contributed by atoms with Gasteiger partial charge in [-0.05, 0) is 13.5 Å². The number of nitrogens with zero attached hydrogens (tertiary/aromatic N) is 2. The molecule has 0 spiro atoms. The largest absolute Gasteiger partial charge is 0.379 e. The van der Waals surface area contributed by atoms with Crippen molar-refractivity contribution < 1.29 is 9.53 Å². The first-order valence-corrected chi connectivity index (χ1v) is 5.57. The van der Waals surface area contributed by atoms with Gasteiger partial charge >= 0.3 is 6.03 Å². The van der Waals surface area contributed by atoms with Crippen LogP contribution in [0.5, 0.6) is 0 Å². The fourth-order valence-corrected chi connectivity index (χ4v) is 1.92. The van der Waals surface area contributed by atoms with Gasteiger partial charge in [0.15, 0.2) is 0 Å². The van der Waals surface area contributed by atoms with Gasteiger partial charge in [-0.15, -0.1) is 0 Å². The maximum Gasteiger partial charge on any atom is 0.317 e. The summed E-state index contributed by atoms with van der Waals surface area (Å²) in [4.78, 5) is 15.9. The van der Waals surface area contributed by atoms with Gasteiger partial charge in [-0.3, -0.25) is 0 Å². The van der Waals surface area contributed by atoms with E-state index < -0.39 is 0 Å². The number of rotatable bonds is 1. The lowest BCUT2D eigenvalue weighted by Gasteiger charge is -2.33. The molecule has 1 atom stereocenters. The molecule has 1 unspecified atom stereocenters. The zero-order chi connectivity index (χ0) is 10.7. The molecule has 5 nitrogen and oxygen atoms in total. The van der Waals surface area contributed by atoms with Crippen molar-refractivity contribution in [3.8, 4) is 0 Å². The van der Waals surface area contributed by atoms with Crippen LogP contribution in [0, 0.1) is 0 Å². The number of hydrogen-bond acceptors (Lipinski definition) is 3. The van der Waals surface area contributed by atoms with Crippen LogP contribution >= 0.6 is 0 Å². The van der Waals surface area contributed by atoms with Gasteiger partial charge in [-0.2, -0.15) is 0 Å². The van der Waals surface area contributed by atoms with E-state index in [1.807, 2.05) is 4.90 Å². The van der Waals surface area contributed by atoms with Crippen LogP contribution in [0.15, 0.2) is 0 Å². The molecule has 2 aliphatic rings. The Morgan fingerprint density at radius 3 is 2.67 bits per heavy atom. The summed E-state index contributed by atoms with van der Waals surface area (Å²) in [6.45, 7) is 5.03. The summed E-state index contributed by atoms with van der Waals surface area (Å²) >= 11 is 0. The third kappa shape index (κ3) is 2.82. The van der Waals surface area contributed by atoms with Crippen LogP contribution in [0.3, 0.4) is 0 Å². The molecule has 1 N–H and O–H groups in total. The molecule has 5 heteroatoms. The number of amides is 2. The first-order chi connectivity index (χ1) is 7.25. The van der Waals surface area contributed by atoms with E-state index in [0.717, 1.165) is 39.2 Å². The molecule has 2 heterocycles. The number of carbonyl (C=O) groups excluding carboxylic acids is 1. The third-order valence-electron chi connectivity index (χ3n) is 3.05. The first-order valence-electron chi connectivity index (χ1n) is 5.57. The Hall–Kier alpha value is -0.810. The number of hydrogen-bond donors (Lipinski definition) is 1. The van der Waals surface area contributed by atoms with Gasteiger partial charge in [0.05, 0.1) is 12.6 Å². The highest BCUT2D eigenvalue weighted by molar-refractivity contribution is 5.74. The molecule has 86 valence electrons. The molecule has 0 aromatic heterocycles. The van der Waals surface area contributed by atoms with Gasteiger partial charge in [0.1, 0.15) is 0 Å². The van der Waals surface area contributed by atoms with Crippen molar-refractivity contribution in [3.63, 3.8) is 0 Å². The highest BCUT2D eigenvalue weighted by Gasteiger charge is 2.23. The molecule has 0 aromatic rings. The molecular weight excluding hydrogens is 194 g/mol. The van der Waals surface area contributed by atoms with Gasteiger partial charge in [-0.1, -0.05) is 0 Å². The lowest BCUT2D eigenvalue weighted by Crippen LogP contribution is -2.52. The average Bonchev–Trinajstić information content (AvgIpc) is 2.71. The summed E-state index contributed by atoms with van der Waals surface area (Å²) in [5.74, 6) is 0. The highest BCUT2D eigenvalue weighted by atomic mass is 16.5. The molecule has 0 aliphatic carbocycles. The van der Waals surface area contributed by atoms with Crippen LogP contribution in [-0.4, -0.2) is 68.3 Å². The van der Waals surface area contributed by atoms with Crippen molar-refractivity contribution >= 4 is 6.03 Å². The monoisotopic (exact) mass is 213 g/mol. The van der Waals surface area contributed by atoms with Crippen LogP contribution in [-0.2, 0) is 4.74 Å². The maximum absolute atomic E-state index is 11.8. The van der Waals surface area contributed by atoms with Crippen LogP contribution < -0.4 is 5.32 Å². The van der Waals surface area contributed by atoms with E-state index >= 15 is 0 Å². The summed E-state index contributed by atoms with van der Waals surface area (Å²) in [5, 5.41) is 3.01. The predicted octanol–water partition coefficient (Wildman–Crippen LogP) is -0.268. The van der Waals surface area contributed by atoms with E-state index in [-0.39, 0.29) is 12.1 Å². The average molecular weight is 213 g/mol. The quantitative estimate of drug-likeness (QED) is 0.652. The van der Waals surface area contributed by atoms with E-state index in [0.29, 0.717) is 6.61 Å². The summed E-state index contributed by atoms with van der Waals surface area (Å²) in [6.07, 6.45) is 0.944. The van der Waals surface area contributed by atoms with Crippen LogP contribution in [0.2, 0.25) is 0 Å². The molecule has 2 aliphatic heterocycles. The fourth-order valence-electron chi connectivity index (χ4n) is 1.92. The normalized spacial score (nSPS) is 28.1. The fraction of sp³-hybridized carbons (Fsp3) is 0.900. The molecule has 0 aromatic carbocycles. The second kappa shape index (κ2) is 4.81. The topological polar surface area (TPSA) is 44.8 Å². The minimum atomic E-state index is 0.0681. The van der Waals surface area contributed by atoms with Crippen LogP contribution in [0.4, 0.5) is 4.79 Å². The predicted molar refractivity (Wildman–Crippen MR) is 56.8 cm³/mol. The van der Waals surface area contributed by atoms with Crippen molar-refractivity contribution in [1.29, 1.82) is 0 Å². The Morgan fingerprint density at radius 1 is 1.33 bits per heavy atom. The number of piperazine rings is 1. The first kappa shape index (κ1) is 10.7. The van der Waals surface area contributed by atoms with Gasteiger partial charge in [0.2, 0.25) is 0 Å². The van der Waals surface area contributed by atoms with E-state index in [1.54, 1.807) is 0 Å². The molecular formula is C10H19N3O2. The zero-order valence-corrected chi connectivity index (χ0v) is 9.24. The van der Waals surface area contributed by atoms with Crippen molar-refractivity contribution in [2.45, 2.75) is 12.5 Å². The lowest BCUT2D eigenvalue weighted by molar-refractivity contribution is 0.148. The second-order valence-corrected chi connectivity index (χ2v) is 4.30. The van der Waals surface area contributed by atoms with Gasteiger partial charge in [-0.25, -0.2) is 4.79 Å². The molecule has 2 rings (SSSR count). The molecule has 0 saturated carbocycles. The van der Waals surface area contributed by atoms with Gasteiger partial charge in [0, 0.05) is 32.8 Å². The SMILES string of the molecule is CN1CCN(C(=O)NC2CCOC2)CC1. The van der Waals surface area contributed by atoms with E-state index in [4.69, 9.17) is 4.74 Å². The van der Waals surface area contributed by atoms with Crippen LogP contribution in [0.1, 0.15) is 6.42 Å². The van der Waals surface area contributed by atoms with Crippen molar-refractivity contribution in [2.24, 2.45) is 0 Å². The Bertz CT molecular complexity index is 221. The van der Waals surface area contributed by atoms with Crippen LogP contribution in [0.25, 0.3) is 0 Å². The minimum absolute atomic E-state index is 0.0681. The Kier molecular flexibility index (Phi) is 3.43. The third-order valence-corrected chi connectivity index (χ3v) is 3.05. The number of ether oxygens (including phenoxy) is 1. The summed E-state index contributed by atoms with van der Waals surface area (Å²) in [6, 6.07) is 0.288. The molecule has 2 amide bonds. The minimum Gasteiger partial charge on any atom is -0.379 e. The lowest BCUT2D eigenvalue weighted by atomic mass is 10.2. The van der Waals surface area contributed by atoms with Gasteiger partial charge in [0.25, 0.3) is 0 Å². The number of urea groups is 1. The Balaban J connectivity index is 1.75.